The van der Waals surface area contributed by atoms with Gasteiger partial charge in [0.25, 0.3) is 5.91 Å². The van der Waals surface area contributed by atoms with Crippen molar-refractivity contribution in [3.8, 4) is 5.75 Å². The van der Waals surface area contributed by atoms with Crippen molar-refractivity contribution in [3.63, 3.8) is 0 Å². The SMILES string of the molecule is Cc1cccn2cc(COc3ccccc3C(=O)NCCN3CCCCC3)nc12. The van der Waals surface area contributed by atoms with Crippen molar-refractivity contribution < 1.29 is 9.53 Å². The minimum absolute atomic E-state index is 0.0940. The molecule has 1 amide bonds. The number of amides is 1. The summed E-state index contributed by atoms with van der Waals surface area (Å²) in [6.07, 6.45) is 7.77. The second-order valence-electron chi connectivity index (χ2n) is 7.60. The van der Waals surface area contributed by atoms with Crippen LogP contribution >= 0.6 is 0 Å². The van der Waals surface area contributed by atoms with E-state index < -0.39 is 0 Å². The van der Waals surface area contributed by atoms with Crippen LogP contribution < -0.4 is 10.1 Å². The number of imidazole rings is 1. The van der Waals surface area contributed by atoms with Gasteiger partial charge in [-0.3, -0.25) is 4.79 Å². The zero-order valence-electron chi connectivity index (χ0n) is 16.9. The number of aryl methyl sites for hydroxylation is 1. The van der Waals surface area contributed by atoms with Gasteiger partial charge in [-0.1, -0.05) is 24.6 Å². The summed E-state index contributed by atoms with van der Waals surface area (Å²) in [6.45, 7) is 6.17. The molecule has 0 atom stereocenters. The fourth-order valence-corrected chi connectivity index (χ4v) is 3.81. The largest absolute Gasteiger partial charge is 0.486 e. The predicted molar refractivity (Wildman–Crippen MR) is 113 cm³/mol. The Hall–Kier alpha value is -2.86. The van der Waals surface area contributed by atoms with Gasteiger partial charge in [0.15, 0.2) is 0 Å². The molecule has 4 rings (SSSR count). The average Bonchev–Trinajstić information content (AvgIpc) is 3.18. The Morgan fingerprint density at radius 1 is 1.14 bits per heavy atom. The van der Waals surface area contributed by atoms with Gasteiger partial charge in [0.1, 0.15) is 18.0 Å². The zero-order chi connectivity index (χ0) is 20.1. The Morgan fingerprint density at radius 3 is 2.79 bits per heavy atom. The van der Waals surface area contributed by atoms with E-state index in [0.717, 1.165) is 36.5 Å². The molecule has 0 spiro atoms. The van der Waals surface area contributed by atoms with Crippen LogP contribution in [0.2, 0.25) is 0 Å². The van der Waals surface area contributed by atoms with Gasteiger partial charge in [-0.25, -0.2) is 4.98 Å². The Bertz CT molecular complexity index is 976. The number of carbonyl (C=O) groups excluding carboxylic acids is 1. The Morgan fingerprint density at radius 2 is 1.97 bits per heavy atom. The smallest absolute Gasteiger partial charge is 0.255 e. The quantitative estimate of drug-likeness (QED) is 0.669. The third kappa shape index (κ3) is 4.77. The van der Waals surface area contributed by atoms with E-state index >= 15 is 0 Å². The van der Waals surface area contributed by atoms with Gasteiger partial charge in [0, 0.05) is 25.5 Å². The van der Waals surface area contributed by atoms with Gasteiger partial charge in [0.2, 0.25) is 0 Å². The minimum atomic E-state index is -0.0940. The number of likely N-dealkylation sites (tertiary alicyclic amines) is 1. The van der Waals surface area contributed by atoms with Crippen molar-refractivity contribution >= 4 is 11.6 Å². The monoisotopic (exact) mass is 392 g/mol. The van der Waals surface area contributed by atoms with Gasteiger partial charge in [-0.15, -0.1) is 0 Å². The van der Waals surface area contributed by atoms with Crippen molar-refractivity contribution in [1.82, 2.24) is 19.6 Å². The second kappa shape index (κ2) is 9.09. The van der Waals surface area contributed by atoms with E-state index in [9.17, 15) is 4.79 Å². The topological polar surface area (TPSA) is 58.9 Å². The van der Waals surface area contributed by atoms with E-state index in [2.05, 4.69) is 15.2 Å². The highest BCUT2D eigenvalue weighted by Gasteiger charge is 2.14. The summed E-state index contributed by atoms with van der Waals surface area (Å²) in [5.41, 5.74) is 3.44. The highest BCUT2D eigenvalue weighted by Crippen LogP contribution is 2.20. The van der Waals surface area contributed by atoms with Crippen molar-refractivity contribution in [2.45, 2.75) is 32.8 Å². The normalized spacial score (nSPS) is 14.8. The third-order valence-electron chi connectivity index (χ3n) is 5.40. The molecule has 6 nitrogen and oxygen atoms in total. The number of hydrogen-bond donors (Lipinski definition) is 1. The molecule has 0 aliphatic carbocycles. The number of para-hydroxylation sites is 1. The molecule has 0 saturated carbocycles. The van der Waals surface area contributed by atoms with E-state index in [1.54, 1.807) is 6.07 Å². The maximum atomic E-state index is 12.7. The number of pyridine rings is 1. The molecule has 0 radical (unpaired) electrons. The molecule has 1 saturated heterocycles. The average molecular weight is 393 g/mol. The van der Waals surface area contributed by atoms with Crippen LogP contribution in [0.4, 0.5) is 0 Å². The van der Waals surface area contributed by atoms with E-state index in [0.29, 0.717) is 24.5 Å². The molecule has 6 heteroatoms. The van der Waals surface area contributed by atoms with Crippen LogP contribution in [0, 0.1) is 6.92 Å². The second-order valence-corrected chi connectivity index (χ2v) is 7.60. The summed E-state index contributed by atoms with van der Waals surface area (Å²) in [6, 6.07) is 11.4. The minimum Gasteiger partial charge on any atom is -0.486 e. The summed E-state index contributed by atoms with van der Waals surface area (Å²) < 4.78 is 7.96. The molecule has 2 aromatic heterocycles. The first-order valence-corrected chi connectivity index (χ1v) is 10.4. The Balaban J connectivity index is 1.36. The van der Waals surface area contributed by atoms with E-state index in [4.69, 9.17) is 4.74 Å². The van der Waals surface area contributed by atoms with Crippen LogP contribution in [-0.4, -0.2) is 46.4 Å². The van der Waals surface area contributed by atoms with Crippen molar-refractivity contribution in [2.75, 3.05) is 26.2 Å². The van der Waals surface area contributed by atoms with Crippen molar-refractivity contribution in [3.05, 3.63) is 65.6 Å². The number of benzene rings is 1. The van der Waals surface area contributed by atoms with Gasteiger partial charge in [-0.2, -0.15) is 0 Å². The molecule has 0 bridgehead atoms. The number of nitrogens with one attached hydrogen (secondary N) is 1. The first-order valence-electron chi connectivity index (χ1n) is 10.4. The fourth-order valence-electron chi connectivity index (χ4n) is 3.81. The van der Waals surface area contributed by atoms with Crippen LogP contribution in [-0.2, 0) is 6.61 Å². The summed E-state index contributed by atoms with van der Waals surface area (Å²) in [5.74, 6) is 0.486. The highest BCUT2D eigenvalue weighted by molar-refractivity contribution is 5.96. The predicted octanol–water partition coefficient (Wildman–Crippen LogP) is 3.44. The van der Waals surface area contributed by atoms with Crippen LogP contribution in [0.5, 0.6) is 5.75 Å². The molecule has 1 aromatic carbocycles. The summed E-state index contributed by atoms with van der Waals surface area (Å²) in [4.78, 5) is 19.7. The molecule has 3 aromatic rings. The fraction of sp³-hybridized carbons (Fsp3) is 0.391. The lowest BCUT2D eigenvalue weighted by Crippen LogP contribution is -2.37. The van der Waals surface area contributed by atoms with Gasteiger partial charge < -0.3 is 19.4 Å². The van der Waals surface area contributed by atoms with Crippen LogP contribution in [0.1, 0.15) is 40.9 Å². The molecule has 152 valence electrons. The molecule has 0 unspecified atom stereocenters. The van der Waals surface area contributed by atoms with E-state index in [1.807, 2.05) is 54.0 Å². The molecule has 1 fully saturated rings. The maximum absolute atomic E-state index is 12.7. The van der Waals surface area contributed by atoms with Crippen LogP contribution in [0.25, 0.3) is 5.65 Å². The number of hydrogen-bond acceptors (Lipinski definition) is 4. The zero-order valence-corrected chi connectivity index (χ0v) is 16.9. The first-order chi connectivity index (χ1) is 14.2. The summed E-state index contributed by atoms with van der Waals surface area (Å²) in [7, 11) is 0. The molecular formula is C23H28N4O2. The molecule has 1 aliphatic heterocycles. The number of carbonyl (C=O) groups is 1. The molecule has 29 heavy (non-hydrogen) atoms. The standard InChI is InChI=1S/C23H28N4O2/c1-18-8-7-14-27-16-19(25-22(18)27)17-29-21-10-4-3-9-20(21)23(28)24-11-15-26-12-5-2-6-13-26/h3-4,7-10,14,16H,2,5-6,11-13,15,17H2,1H3,(H,24,28). The van der Waals surface area contributed by atoms with Crippen molar-refractivity contribution in [1.29, 1.82) is 0 Å². The van der Waals surface area contributed by atoms with E-state index in [1.165, 1.54) is 19.3 Å². The number of ether oxygens (including phenoxy) is 1. The highest BCUT2D eigenvalue weighted by atomic mass is 16.5. The Kier molecular flexibility index (Phi) is 6.10. The van der Waals surface area contributed by atoms with Crippen LogP contribution in [0.3, 0.4) is 0 Å². The number of nitrogens with zero attached hydrogens (tertiary/aromatic N) is 3. The number of fused-ring (bicyclic) bond motifs is 1. The summed E-state index contributed by atoms with van der Waals surface area (Å²) in [5, 5.41) is 3.03. The molecule has 3 heterocycles. The third-order valence-corrected chi connectivity index (χ3v) is 5.40. The van der Waals surface area contributed by atoms with Gasteiger partial charge in [-0.05, 0) is 56.6 Å². The lowest BCUT2D eigenvalue weighted by Gasteiger charge is -2.26. The van der Waals surface area contributed by atoms with Crippen molar-refractivity contribution in [2.24, 2.45) is 0 Å². The molecule has 1 N–H and O–H groups in total. The maximum Gasteiger partial charge on any atom is 0.255 e. The number of piperidine rings is 1. The van der Waals surface area contributed by atoms with Gasteiger partial charge >= 0.3 is 0 Å². The molecule has 1 aliphatic rings. The lowest BCUT2D eigenvalue weighted by molar-refractivity contribution is 0.0942. The van der Waals surface area contributed by atoms with Gasteiger partial charge in [0.05, 0.1) is 11.3 Å². The molecular weight excluding hydrogens is 364 g/mol. The van der Waals surface area contributed by atoms with E-state index in [-0.39, 0.29) is 5.91 Å². The lowest BCUT2D eigenvalue weighted by atomic mass is 10.1. The first kappa shape index (κ1) is 19.5. The summed E-state index contributed by atoms with van der Waals surface area (Å²) >= 11 is 0. The van der Waals surface area contributed by atoms with Crippen LogP contribution in [0.15, 0.2) is 48.8 Å². The number of aromatic nitrogens is 2. The number of rotatable bonds is 7. The Labute approximate surface area is 171 Å².